The van der Waals surface area contributed by atoms with Crippen molar-refractivity contribution in [2.75, 3.05) is 19.7 Å². The number of hydrogen-bond donors (Lipinski definition) is 0. The molecule has 0 bridgehead atoms. The average Bonchev–Trinajstić information content (AvgIpc) is 3.25. The number of piperidine rings is 1. The number of likely N-dealkylation sites (tertiary alicyclic amines) is 1. The molecule has 0 aliphatic carbocycles. The van der Waals surface area contributed by atoms with Crippen LogP contribution in [0.25, 0.3) is 0 Å². The summed E-state index contributed by atoms with van der Waals surface area (Å²) in [6.07, 6.45) is 3.96. The van der Waals surface area contributed by atoms with E-state index in [0.29, 0.717) is 39.0 Å². The summed E-state index contributed by atoms with van der Waals surface area (Å²) in [6.45, 7) is 7.45. The Kier molecular flexibility index (Phi) is 7.51. The molecular formula is C24H34N2O4. The van der Waals surface area contributed by atoms with E-state index in [1.165, 1.54) is 5.56 Å². The van der Waals surface area contributed by atoms with Gasteiger partial charge in [-0.15, -0.1) is 0 Å². The van der Waals surface area contributed by atoms with Gasteiger partial charge in [-0.25, -0.2) is 0 Å². The molecule has 6 nitrogen and oxygen atoms in total. The van der Waals surface area contributed by atoms with Crippen molar-refractivity contribution in [1.29, 1.82) is 0 Å². The zero-order valence-electron chi connectivity index (χ0n) is 18.4. The third-order valence-corrected chi connectivity index (χ3v) is 6.34. The van der Waals surface area contributed by atoms with Crippen LogP contribution in [-0.4, -0.2) is 48.3 Å². The van der Waals surface area contributed by atoms with Crippen LogP contribution in [0.1, 0.15) is 58.4 Å². The number of amides is 1. The molecule has 1 saturated heterocycles. The first-order valence-electron chi connectivity index (χ1n) is 11.2. The highest BCUT2D eigenvalue weighted by atomic mass is 16.6. The number of oxime groups is 1. The van der Waals surface area contributed by atoms with Gasteiger partial charge in [-0.2, -0.15) is 0 Å². The van der Waals surface area contributed by atoms with Gasteiger partial charge in [0, 0.05) is 19.5 Å². The van der Waals surface area contributed by atoms with Gasteiger partial charge in [0.1, 0.15) is 0 Å². The molecule has 3 rings (SSSR count). The summed E-state index contributed by atoms with van der Waals surface area (Å²) in [7, 11) is 0. The second-order valence-electron chi connectivity index (χ2n) is 8.70. The fourth-order valence-electron chi connectivity index (χ4n) is 4.34. The fourth-order valence-corrected chi connectivity index (χ4v) is 4.34. The van der Waals surface area contributed by atoms with Crippen molar-refractivity contribution in [2.24, 2.45) is 16.5 Å². The number of rotatable bonds is 8. The molecule has 2 aliphatic heterocycles. The largest absolute Gasteiger partial charge is 0.466 e. The first-order chi connectivity index (χ1) is 14.4. The number of carbonyl (C=O) groups excluding carboxylic acids is 2. The molecule has 0 radical (unpaired) electrons. The minimum Gasteiger partial charge on any atom is -0.466 e. The molecule has 6 heteroatoms. The maximum absolute atomic E-state index is 12.9. The Bertz CT molecular complexity index is 752. The van der Waals surface area contributed by atoms with E-state index in [0.717, 1.165) is 25.0 Å². The number of carbonyl (C=O) groups is 2. The lowest BCUT2D eigenvalue weighted by Gasteiger charge is -2.40. The normalized spacial score (nSPS) is 20.6. The standard InChI is InChI=1S/C24H34N2O4/c1-4-29-23(28)24(12-8-11-19-9-6-5-7-10-19)13-15-26(16-14-24)22(27)21-17-20(18(2)3)25-30-21/h5-7,9-10,18,21H,4,8,11-17H2,1-3H3. The molecule has 2 heterocycles. The molecular weight excluding hydrogens is 380 g/mol. The summed E-state index contributed by atoms with van der Waals surface area (Å²) in [5, 5.41) is 4.08. The number of benzene rings is 1. The van der Waals surface area contributed by atoms with Gasteiger partial charge in [0.15, 0.2) is 0 Å². The molecule has 0 spiro atoms. The summed E-state index contributed by atoms with van der Waals surface area (Å²) < 4.78 is 5.44. The number of hydrogen-bond acceptors (Lipinski definition) is 5. The van der Waals surface area contributed by atoms with Crippen molar-refractivity contribution in [1.82, 2.24) is 4.90 Å². The van der Waals surface area contributed by atoms with E-state index in [-0.39, 0.29) is 17.8 Å². The van der Waals surface area contributed by atoms with E-state index in [1.807, 2.05) is 30.0 Å². The molecule has 1 atom stereocenters. The van der Waals surface area contributed by atoms with E-state index in [4.69, 9.17) is 9.57 Å². The van der Waals surface area contributed by atoms with E-state index >= 15 is 0 Å². The average molecular weight is 415 g/mol. The SMILES string of the molecule is CCOC(=O)C1(CCCc2ccccc2)CCN(C(=O)C2CC(C(C)C)=NO2)CC1. The molecule has 0 saturated carbocycles. The van der Waals surface area contributed by atoms with Gasteiger partial charge in [-0.05, 0) is 50.5 Å². The van der Waals surface area contributed by atoms with Crippen LogP contribution in [0.5, 0.6) is 0 Å². The lowest BCUT2D eigenvalue weighted by atomic mass is 9.74. The van der Waals surface area contributed by atoms with Crippen molar-refractivity contribution >= 4 is 17.6 Å². The van der Waals surface area contributed by atoms with Gasteiger partial charge < -0.3 is 14.5 Å². The first-order valence-corrected chi connectivity index (χ1v) is 11.2. The quantitative estimate of drug-likeness (QED) is 0.604. The second-order valence-corrected chi connectivity index (χ2v) is 8.70. The van der Waals surface area contributed by atoms with Gasteiger partial charge in [0.05, 0.1) is 17.7 Å². The molecule has 30 heavy (non-hydrogen) atoms. The molecule has 1 aromatic carbocycles. The Hall–Kier alpha value is -2.37. The van der Waals surface area contributed by atoms with Crippen LogP contribution < -0.4 is 0 Å². The van der Waals surface area contributed by atoms with Gasteiger partial charge in [0.25, 0.3) is 5.91 Å². The van der Waals surface area contributed by atoms with Crippen LogP contribution in [0, 0.1) is 11.3 Å². The van der Waals surface area contributed by atoms with Crippen molar-refractivity contribution < 1.29 is 19.2 Å². The third kappa shape index (κ3) is 5.21. The molecule has 164 valence electrons. The predicted molar refractivity (Wildman–Crippen MR) is 116 cm³/mol. The third-order valence-electron chi connectivity index (χ3n) is 6.34. The van der Waals surface area contributed by atoms with Crippen LogP contribution in [0.2, 0.25) is 0 Å². The smallest absolute Gasteiger partial charge is 0.312 e. The predicted octanol–water partition coefficient (Wildman–Crippen LogP) is 3.98. The Morgan fingerprint density at radius 3 is 2.53 bits per heavy atom. The Labute approximate surface area is 179 Å². The van der Waals surface area contributed by atoms with Gasteiger partial charge in [-0.1, -0.05) is 49.3 Å². The molecule has 1 amide bonds. The Morgan fingerprint density at radius 1 is 1.23 bits per heavy atom. The monoisotopic (exact) mass is 414 g/mol. The van der Waals surface area contributed by atoms with Crippen molar-refractivity contribution in [2.45, 2.75) is 65.4 Å². The highest BCUT2D eigenvalue weighted by molar-refractivity contribution is 5.94. The molecule has 1 aromatic rings. The summed E-state index contributed by atoms with van der Waals surface area (Å²) >= 11 is 0. The zero-order valence-corrected chi connectivity index (χ0v) is 18.4. The van der Waals surface area contributed by atoms with Crippen LogP contribution >= 0.6 is 0 Å². The highest BCUT2D eigenvalue weighted by Crippen LogP contribution is 2.38. The van der Waals surface area contributed by atoms with Crippen LogP contribution in [0.15, 0.2) is 35.5 Å². The van der Waals surface area contributed by atoms with E-state index in [9.17, 15) is 9.59 Å². The molecule has 0 N–H and O–H groups in total. The number of nitrogens with zero attached hydrogens (tertiary/aromatic N) is 2. The molecule has 0 aromatic heterocycles. The van der Waals surface area contributed by atoms with Crippen molar-refractivity contribution in [3.05, 3.63) is 35.9 Å². The summed E-state index contributed by atoms with van der Waals surface area (Å²) in [5.41, 5.74) is 1.72. The lowest BCUT2D eigenvalue weighted by Crippen LogP contribution is -2.49. The zero-order chi connectivity index (χ0) is 21.6. The summed E-state index contributed by atoms with van der Waals surface area (Å²) in [5.74, 6) is 0.147. The highest BCUT2D eigenvalue weighted by Gasteiger charge is 2.44. The fraction of sp³-hybridized carbons (Fsp3) is 0.625. The number of aryl methyl sites for hydroxylation is 1. The minimum atomic E-state index is -0.518. The van der Waals surface area contributed by atoms with Crippen molar-refractivity contribution in [3.8, 4) is 0 Å². The Balaban J connectivity index is 1.57. The minimum absolute atomic E-state index is 0.0175. The molecule has 2 aliphatic rings. The van der Waals surface area contributed by atoms with Gasteiger partial charge in [0.2, 0.25) is 6.10 Å². The molecule has 1 unspecified atom stereocenters. The van der Waals surface area contributed by atoms with Crippen LogP contribution in [0.4, 0.5) is 0 Å². The maximum atomic E-state index is 12.9. The maximum Gasteiger partial charge on any atom is 0.312 e. The second kappa shape index (κ2) is 10.1. The Morgan fingerprint density at radius 2 is 1.93 bits per heavy atom. The summed E-state index contributed by atoms with van der Waals surface area (Å²) in [6, 6.07) is 10.3. The van der Waals surface area contributed by atoms with Gasteiger partial charge in [-0.3, -0.25) is 9.59 Å². The van der Waals surface area contributed by atoms with E-state index in [1.54, 1.807) is 0 Å². The first kappa shape index (κ1) is 22.3. The van der Waals surface area contributed by atoms with Crippen LogP contribution in [0.3, 0.4) is 0 Å². The number of ether oxygens (including phenoxy) is 1. The van der Waals surface area contributed by atoms with Crippen molar-refractivity contribution in [3.63, 3.8) is 0 Å². The van der Waals surface area contributed by atoms with Gasteiger partial charge >= 0.3 is 5.97 Å². The number of esters is 1. The lowest BCUT2D eigenvalue weighted by molar-refractivity contribution is -0.162. The molecule has 1 fully saturated rings. The summed E-state index contributed by atoms with van der Waals surface area (Å²) in [4.78, 5) is 33.0. The topological polar surface area (TPSA) is 68.2 Å². The van der Waals surface area contributed by atoms with E-state index < -0.39 is 11.5 Å². The van der Waals surface area contributed by atoms with Crippen LogP contribution in [-0.2, 0) is 25.6 Å². The van der Waals surface area contributed by atoms with E-state index in [2.05, 4.69) is 31.1 Å².